The SMILES string of the molecule is COc1cncc(Br)c1C(F)(F)F. The third kappa shape index (κ3) is 2.12. The lowest BCUT2D eigenvalue weighted by molar-refractivity contribution is -0.139. The summed E-state index contributed by atoms with van der Waals surface area (Å²) in [7, 11) is 1.17. The first-order chi connectivity index (χ1) is 5.96. The molecule has 13 heavy (non-hydrogen) atoms. The van der Waals surface area contributed by atoms with Gasteiger partial charge in [0.05, 0.1) is 17.8 Å². The average Bonchev–Trinajstić information content (AvgIpc) is 2.01. The van der Waals surface area contributed by atoms with E-state index >= 15 is 0 Å². The number of halogens is 4. The fraction of sp³-hybridized carbons (Fsp3) is 0.286. The van der Waals surface area contributed by atoms with Gasteiger partial charge in [0.15, 0.2) is 5.75 Å². The Hall–Kier alpha value is -0.780. The van der Waals surface area contributed by atoms with Gasteiger partial charge >= 0.3 is 6.18 Å². The molecule has 72 valence electrons. The number of ether oxygens (including phenoxy) is 1. The highest BCUT2D eigenvalue weighted by atomic mass is 79.9. The minimum Gasteiger partial charge on any atom is -0.494 e. The van der Waals surface area contributed by atoms with Crippen LogP contribution in [0.1, 0.15) is 5.56 Å². The van der Waals surface area contributed by atoms with Crippen LogP contribution in [0.5, 0.6) is 5.75 Å². The van der Waals surface area contributed by atoms with Crippen LogP contribution in [0.25, 0.3) is 0 Å². The summed E-state index contributed by atoms with van der Waals surface area (Å²) in [5.74, 6) is -0.290. The van der Waals surface area contributed by atoms with Crippen LogP contribution in [-0.4, -0.2) is 12.1 Å². The Morgan fingerprint density at radius 2 is 2.00 bits per heavy atom. The van der Waals surface area contributed by atoms with Gasteiger partial charge in [-0.05, 0) is 15.9 Å². The summed E-state index contributed by atoms with van der Waals surface area (Å²) in [5.41, 5.74) is -0.843. The van der Waals surface area contributed by atoms with Crippen LogP contribution in [-0.2, 0) is 6.18 Å². The number of alkyl halides is 3. The van der Waals surface area contributed by atoms with Gasteiger partial charge in [0.1, 0.15) is 5.56 Å². The van der Waals surface area contributed by atoms with Crippen LogP contribution >= 0.6 is 15.9 Å². The van der Waals surface area contributed by atoms with Crippen molar-refractivity contribution in [2.45, 2.75) is 6.18 Å². The van der Waals surface area contributed by atoms with Gasteiger partial charge in [0, 0.05) is 6.20 Å². The molecular formula is C7H5BrF3NO. The van der Waals surface area contributed by atoms with Crippen LogP contribution in [0.4, 0.5) is 13.2 Å². The van der Waals surface area contributed by atoms with Crippen molar-refractivity contribution in [3.63, 3.8) is 0 Å². The van der Waals surface area contributed by atoms with E-state index in [4.69, 9.17) is 0 Å². The Morgan fingerprint density at radius 3 is 2.38 bits per heavy atom. The highest BCUT2D eigenvalue weighted by molar-refractivity contribution is 9.10. The van der Waals surface area contributed by atoms with Gasteiger partial charge in [0.2, 0.25) is 0 Å². The minimum atomic E-state index is -4.44. The predicted octanol–water partition coefficient (Wildman–Crippen LogP) is 2.87. The molecule has 1 rings (SSSR count). The molecule has 0 fully saturated rings. The molecule has 0 amide bonds. The van der Waals surface area contributed by atoms with E-state index in [1.165, 1.54) is 7.11 Å². The van der Waals surface area contributed by atoms with E-state index < -0.39 is 11.7 Å². The maximum atomic E-state index is 12.4. The van der Waals surface area contributed by atoms with Crippen LogP contribution < -0.4 is 4.74 Å². The molecule has 0 atom stereocenters. The number of hydrogen-bond acceptors (Lipinski definition) is 2. The van der Waals surface area contributed by atoms with Crippen molar-refractivity contribution in [1.82, 2.24) is 4.98 Å². The Kier molecular flexibility index (Phi) is 2.80. The summed E-state index contributed by atoms with van der Waals surface area (Å²) < 4.78 is 41.5. The van der Waals surface area contributed by atoms with Crippen molar-refractivity contribution in [3.05, 3.63) is 22.4 Å². The number of methoxy groups -OCH3 is 1. The molecule has 0 N–H and O–H groups in total. The van der Waals surface area contributed by atoms with E-state index in [1.807, 2.05) is 0 Å². The maximum absolute atomic E-state index is 12.4. The van der Waals surface area contributed by atoms with E-state index in [0.717, 1.165) is 12.4 Å². The smallest absolute Gasteiger partial charge is 0.421 e. The zero-order chi connectivity index (χ0) is 10.1. The molecule has 1 aromatic rings. The molecule has 2 nitrogen and oxygen atoms in total. The first-order valence-electron chi connectivity index (χ1n) is 3.21. The molecular weight excluding hydrogens is 251 g/mol. The van der Waals surface area contributed by atoms with Crippen molar-refractivity contribution in [2.24, 2.45) is 0 Å². The van der Waals surface area contributed by atoms with Crippen molar-refractivity contribution in [3.8, 4) is 5.75 Å². The minimum absolute atomic E-state index is 0.126. The topological polar surface area (TPSA) is 22.1 Å². The Labute approximate surface area is 80.9 Å². The summed E-state index contributed by atoms with van der Waals surface area (Å²) in [6.45, 7) is 0. The predicted molar refractivity (Wildman–Crippen MR) is 43.5 cm³/mol. The first kappa shape index (κ1) is 10.3. The third-order valence-corrected chi connectivity index (χ3v) is 1.97. The highest BCUT2D eigenvalue weighted by Crippen LogP contribution is 2.40. The van der Waals surface area contributed by atoms with E-state index in [0.29, 0.717) is 0 Å². The maximum Gasteiger partial charge on any atom is 0.421 e. The largest absolute Gasteiger partial charge is 0.494 e. The van der Waals surface area contributed by atoms with Crippen LogP contribution in [0.2, 0.25) is 0 Å². The molecule has 0 aliphatic carbocycles. The van der Waals surface area contributed by atoms with Crippen LogP contribution in [0.15, 0.2) is 16.9 Å². The van der Waals surface area contributed by atoms with E-state index in [2.05, 4.69) is 25.7 Å². The Bertz CT molecular complexity index is 313. The second-order valence-electron chi connectivity index (χ2n) is 2.20. The highest BCUT2D eigenvalue weighted by Gasteiger charge is 2.36. The van der Waals surface area contributed by atoms with Crippen molar-refractivity contribution in [1.29, 1.82) is 0 Å². The molecule has 0 aromatic carbocycles. The van der Waals surface area contributed by atoms with Gasteiger partial charge in [-0.15, -0.1) is 0 Å². The number of hydrogen-bond donors (Lipinski definition) is 0. The molecule has 0 saturated heterocycles. The molecule has 0 saturated carbocycles. The van der Waals surface area contributed by atoms with Crippen LogP contribution in [0, 0.1) is 0 Å². The molecule has 6 heteroatoms. The fourth-order valence-corrected chi connectivity index (χ4v) is 1.39. The summed E-state index contributed by atoms with van der Waals surface area (Å²) in [5, 5.41) is 0. The van der Waals surface area contributed by atoms with Gasteiger partial charge in [-0.1, -0.05) is 0 Å². The quantitative estimate of drug-likeness (QED) is 0.770. The normalized spacial score (nSPS) is 11.5. The van der Waals surface area contributed by atoms with E-state index in [9.17, 15) is 13.2 Å². The van der Waals surface area contributed by atoms with Gasteiger partial charge in [0.25, 0.3) is 0 Å². The first-order valence-corrected chi connectivity index (χ1v) is 4.01. The Balaban J connectivity index is 3.32. The summed E-state index contributed by atoms with van der Waals surface area (Å²) in [4.78, 5) is 3.56. The summed E-state index contributed by atoms with van der Waals surface area (Å²) in [6, 6.07) is 0. The summed E-state index contributed by atoms with van der Waals surface area (Å²) in [6.07, 6.45) is -2.34. The van der Waals surface area contributed by atoms with E-state index in [-0.39, 0.29) is 10.2 Å². The van der Waals surface area contributed by atoms with Crippen molar-refractivity contribution >= 4 is 15.9 Å². The molecule has 1 heterocycles. The molecule has 0 aliphatic heterocycles. The molecule has 0 spiro atoms. The van der Waals surface area contributed by atoms with Gasteiger partial charge in [-0.3, -0.25) is 4.98 Å². The van der Waals surface area contributed by atoms with Crippen molar-refractivity contribution in [2.75, 3.05) is 7.11 Å². The lowest BCUT2D eigenvalue weighted by Gasteiger charge is -2.12. The molecule has 0 unspecified atom stereocenters. The fourth-order valence-electron chi connectivity index (χ4n) is 0.847. The van der Waals surface area contributed by atoms with Crippen molar-refractivity contribution < 1.29 is 17.9 Å². The average molecular weight is 256 g/mol. The lowest BCUT2D eigenvalue weighted by atomic mass is 10.2. The van der Waals surface area contributed by atoms with Crippen LogP contribution in [0.3, 0.4) is 0 Å². The number of aromatic nitrogens is 1. The second-order valence-corrected chi connectivity index (χ2v) is 3.05. The zero-order valence-electron chi connectivity index (χ0n) is 6.52. The summed E-state index contributed by atoms with van der Waals surface area (Å²) >= 11 is 2.76. The van der Waals surface area contributed by atoms with E-state index in [1.54, 1.807) is 0 Å². The number of nitrogens with zero attached hydrogens (tertiary/aromatic N) is 1. The Morgan fingerprint density at radius 1 is 1.38 bits per heavy atom. The monoisotopic (exact) mass is 255 g/mol. The zero-order valence-corrected chi connectivity index (χ0v) is 8.11. The molecule has 0 aliphatic rings. The van der Waals surface area contributed by atoms with Gasteiger partial charge in [-0.25, -0.2) is 0 Å². The van der Waals surface area contributed by atoms with Gasteiger partial charge in [-0.2, -0.15) is 13.2 Å². The molecule has 1 aromatic heterocycles. The van der Waals surface area contributed by atoms with Gasteiger partial charge < -0.3 is 4.74 Å². The number of rotatable bonds is 1. The lowest BCUT2D eigenvalue weighted by Crippen LogP contribution is -2.08. The molecule has 0 bridgehead atoms. The number of pyridine rings is 1. The second kappa shape index (κ2) is 3.53. The third-order valence-electron chi connectivity index (χ3n) is 1.37. The standard InChI is InChI=1S/C7H5BrF3NO/c1-13-5-3-12-2-4(8)6(5)7(9,10)11/h2-3H,1H3. The molecule has 0 radical (unpaired) electrons.